The summed E-state index contributed by atoms with van der Waals surface area (Å²) in [7, 11) is -2.89. The fourth-order valence-corrected chi connectivity index (χ4v) is 13.4. The van der Waals surface area contributed by atoms with Crippen molar-refractivity contribution >= 4 is 44.0 Å². The van der Waals surface area contributed by atoms with E-state index in [2.05, 4.69) is 85.0 Å². The molecule has 0 bridgehead atoms. The number of methoxy groups -OCH3 is 1. The number of H-pyrrole nitrogens is 1. The summed E-state index contributed by atoms with van der Waals surface area (Å²) in [4.78, 5) is 40.6. The zero-order chi connectivity index (χ0) is 54.3. The summed E-state index contributed by atoms with van der Waals surface area (Å²) < 4.78 is 48.3. The van der Waals surface area contributed by atoms with Gasteiger partial charge in [0.15, 0.2) is 11.5 Å². The van der Waals surface area contributed by atoms with Crippen molar-refractivity contribution in [2.45, 2.75) is 126 Å². The van der Waals surface area contributed by atoms with Crippen molar-refractivity contribution in [3.8, 4) is 23.0 Å². The Morgan fingerprint density at radius 2 is 1.69 bits per heavy atom. The number of nitrogens with one attached hydrogen (secondary N) is 3. The summed E-state index contributed by atoms with van der Waals surface area (Å²) in [6.45, 7) is 12.2. The molecule has 2 aliphatic heterocycles. The number of fused-ring (bicyclic) bond motifs is 1. The number of nitro benzene ring substituents is 1. The van der Waals surface area contributed by atoms with Gasteiger partial charge in [0.25, 0.3) is 21.6 Å². The van der Waals surface area contributed by atoms with Crippen LogP contribution < -0.4 is 29.1 Å². The minimum absolute atomic E-state index is 0.0314. The highest BCUT2D eigenvalue weighted by Gasteiger charge is 2.50. The number of anilines is 2. The number of benzene rings is 4. The minimum atomic E-state index is -4.60. The maximum atomic E-state index is 14.2. The molecule has 412 valence electrons. The third-order valence-corrected chi connectivity index (χ3v) is 18.5. The normalized spacial score (nSPS) is 22.1. The number of hydrogen-bond acceptors (Lipinski definition) is 14. The van der Waals surface area contributed by atoms with Gasteiger partial charge in [-0.15, -0.1) is 0 Å². The topological polar surface area (TPSA) is 205 Å². The summed E-state index contributed by atoms with van der Waals surface area (Å²) in [5, 5.41) is 26.5. The van der Waals surface area contributed by atoms with Gasteiger partial charge in [-0.3, -0.25) is 24.7 Å². The first-order valence-corrected chi connectivity index (χ1v) is 29.2. The molecule has 1 unspecified atom stereocenters. The minimum Gasteiger partial charge on any atom is -0.493 e. The molecule has 2 saturated heterocycles. The lowest BCUT2D eigenvalue weighted by Crippen LogP contribution is -2.60. The predicted molar refractivity (Wildman–Crippen MR) is 300 cm³/mol. The quantitative estimate of drug-likeness (QED) is 0.0467. The summed E-state index contributed by atoms with van der Waals surface area (Å²) in [5.41, 5.74) is 4.77. The molecule has 3 aliphatic carbocycles. The molecule has 1 atom stereocenters. The number of pyridine rings is 1. The van der Waals surface area contributed by atoms with E-state index >= 15 is 0 Å². The van der Waals surface area contributed by atoms with Crippen LogP contribution in [-0.4, -0.2) is 108 Å². The number of ether oxygens (including phenoxy) is 3. The number of carbonyl (C=O) groups excluding carboxylic acids is 1. The largest absolute Gasteiger partial charge is 0.493 e. The molecule has 78 heavy (non-hydrogen) atoms. The van der Waals surface area contributed by atoms with Crippen LogP contribution in [0.3, 0.4) is 0 Å². The lowest BCUT2D eigenvalue weighted by molar-refractivity contribution is -0.384. The van der Waals surface area contributed by atoms with Crippen LogP contribution in [0.25, 0.3) is 11.0 Å². The Bertz CT molecular complexity index is 3280. The third-order valence-electron chi connectivity index (χ3n) is 17.2. The number of aromatic nitrogens is 2. The maximum absolute atomic E-state index is 14.2. The van der Waals surface area contributed by atoms with Crippen LogP contribution in [-0.2, 0) is 16.6 Å². The molecule has 4 heterocycles. The van der Waals surface area contributed by atoms with Crippen LogP contribution in [0.5, 0.6) is 23.0 Å². The van der Waals surface area contributed by atoms with Gasteiger partial charge < -0.3 is 34.5 Å². The molecule has 2 aromatic heterocycles. The number of amides is 1. The Labute approximate surface area is 456 Å². The number of carbonyl (C=O) groups is 1. The first-order chi connectivity index (χ1) is 37.5. The Kier molecular flexibility index (Phi) is 14.9. The van der Waals surface area contributed by atoms with Gasteiger partial charge in [-0.1, -0.05) is 44.2 Å². The molecule has 18 heteroatoms. The number of sulfonamides is 1. The van der Waals surface area contributed by atoms with Gasteiger partial charge in [-0.25, -0.2) is 18.1 Å². The van der Waals surface area contributed by atoms with Crippen LogP contribution >= 0.6 is 0 Å². The first-order valence-electron chi connectivity index (χ1n) is 27.7. The average Bonchev–Trinajstić information content (AvgIpc) is 4.24. The van der Waals surface area contributed by atoms with Crippen molar-refractivity contribution in [3.63, 3.8) is 0 Å². The van der Waals surface area contributed by atoms with Crippen molar-refractivity contribution in [2.75, 3.05) is 56.6 Å². The van der Waals surface area contributed by atoms with Gasteiger partial charge in [0.05, 0.1) is 40.4 Å². The van der Waals surface area contributed by atoms with E-state index < -0.39 is 37.0 Å². The number of nitro groups is 1. The molecular weight excluding hydrogens is 1010 g/mol. The molecule has 17 nitrogen and oxygen atoms in total. The van der Waals surface area contributed by atoms with Crippen LogP contribution in [0.1, 0.15) is 124 Å². The highest BCUT2D eigenvalue weighted by atomic mass is 32.2. The van der Waals surface area contributed by atoms with E-state index in [1.54, 1.807) is 37.7 Å². The predicted octanol–water partition coefficient (Wildman–Crippen LogP) is 10.7. The second kappa shape index (κ2) is 21.8. The van der Waals surface area contributed by atoms with Crippen molar-refractivity contribution in [3.05, 3.63) is 136 Å². The Morgan fingerprint density at radius 1 is 0.910 bits per heavy atom. The van der Waals surface area contributed by atoms with Crippen molar-refractivity contribution in [1.29, 1.82) is 0 Å². The van der Waals surface area contributed by atoms with Crippen molar-refractivity contribution in [2.24, 2.45) is 11.3 Å². The molecule has 1 spiro atoms. The van der Waals surface area contributed by atoms with E-state index in [9.17, 15) is 28.4 Å². The molecule has 3 saturated carbocycles. The standard InChI is InChI=1S/C60H72N8O9S/c1-39(2)48-7-5-6-8-49(48)53-38-65(37-41-9-16-54(75-4)56(29-41)76-45-11-12-45)27-28-67(53)44-33-60(34-44)22-25-66(26-23-60)43-10-14-50(55(31-43)77-46-30-42-19-24-61-57(42)63-36-46)58(69)64-78(73,74)47-13-15-51(52(32-47)68(71)72)62-35-40-17-20-59(3,70)21-18-40/h5-10,13-16,19,24,29-32,36,39-40,44-45,53,62,70H,11-12,17-18,20-23,25-28,33-35,37-38H2,1-4H3,(H,61,63)(H,64,69). The van der Waals surface area contributed by atoms with Gasteiger partial charge in [0, 0.05) is 87.3 Å². The van der Waals surface area contributed by atoms with E-state index in [-0.39, 0.29) is 40.5 Å². The summed E-state index contributed by atoms with van der Waals surface area (Å²) in [6, 6.07) is 28.5. The molecular formula is C60H72N8O9S. The molecule has 11 rings (SSSR count). The molecule has 4 N–H and O–H groups in total. The molecule has 0 radical (unpaired) electrons. The fourth-order valence-electron chi connectivity index (χ4n) is 12.5. The van der Waals surface area contributed by atoms with Gasteiger partial charge in [-0.05, 0) is 154 Å². The van der Waals surface area contributed by atoms with Crippen molar-refractivity contribution < 1.29 is 37.5 Å². The zero-order valence-electron chi connectivity index (χ0n) is 45.1. The van der Waals surface area contributed by atoms with Crippen LogP contribution in [0.2, 0.25) is 0 Å². The van der Waals surface area contributed by atoms with Gasteiger partial charge in [0.2, 0.25) is 0 Å². The Balaban J connectivity index is 0.774. The Morgan fingerprint density at radius 3 is 2.44 bits per heavy atom. The van der Waals surface area contributed by atoms with Crippen LogP contribution in [0.4, 0.5) is 17.1 Å². The lowest BCUT2D eigenvalue weighted by atomic mass is 9.59. The van der Waals surface area contributed by atoms with Crippen LogP contribution in [0.15, 0.2) is 108 Å². The number of aromatic amines is 1. The van der Waals surface area contributed by atoms with Gasteiger partial charge in [-0.2, -0.15) is 0 Å². The first kappa shape index (κ1) is 53.3. The molecule has 4 aromatic carbocycles. The van der Waals surface area contributed by atoms with E-state index in [4.69, 9.17) is 14.2 Å². The highest BCUT2D eigenvalue weighted by molar-refractivity contribution is 7.90. The van der Waals surface area contributed by atoms with E-state index in [1.165, 1.54) is 28.8 Å². The summed E-state index contributed by atoms with van der Waals surface area (Å²) in [5.74, 6) is 1.76. The van der Waals surface area contributed by atoms with E-state index in [0.717, 1.165) is 119 Å². The van der Waals surface area contributed by atoms with Crippen LogP contribution in [0, 0.1) is 21.4 Å². The number of hydrogen-bond donors (Lipinski definition) is 4. The SMILES string of the molecule is COc1ccc(CN2CCN(C3CC4(CCN(c5ccc(C(=O)NS(=O)(=O)c6ccc(NCC7CCC(C)(O)CC7)c([N+](=O)[O-])c6)c(Oc6cnc7[nH]ccc7c6)c5)CC4)C3)C(c3ccccc3C(C)C)C2)cc1OC1CC1. The second-order valence-corrected chi connectivity index (χ2v) is 24.9. The number of piperidine rings is 1. The molecule has 5 aliphatic rings. The highest BCUT2D eigenvalue weighted by Crippen LogP contribution is 2.54. The zero-order valence-corrected chi connectivity index (χ0v) is 45.9. The Hall–Kier alpha value is -6.73. The summed E-state index contributed by atoms with van der Waals surface area (Å²) >= 11 is 0. The van der Waals surface area contributed by atoms with Gasteiger partial charge >= 0.3 is 0 Å². The average molecular weight is 1080 g/mol. The van der Waals surface area contributed by atoms with Gasteiger partial charge in [0.1, 0.15) is 22.8 Å². The third kappa shape index (κ3) is 11.7. The summed E-state index contributed by atoms with van der Waals surface area (Å²) in [6.07, 6.45) is 12.8. The van der Waals surface area contributed by atoms with Crippen molar-refractivity contribution in [1.82, 2.24) is 24.5 Å². The second-order valence-electron chi connectivity index (χ2n) is 23.2. The number of rotatable bonds is 18. The smallest absolute Gasteiger partial charge is 0.293 e. The molecule has 1 amide bonds. The maximum Gasteiger partial charge on any atom is 0.293 e. The number of nitrogens with zero attached hydrogens (tertiary/aromatic N) is 5. The molecule has 6 aromatic rings. The number of aliphatic hydroxyl groups is 1. The molecule has 5 fully saturated rings. The lowest BCUT2D eigenvalue weighted by Gasteiger charge is -2.58. The van der Waals surface area contributed by atoms with E-state index in [0.29, 0.717) is 42.7 Å². The number of piperazine rings is 1. The fraction of sp³-hybridized carbons (Fsp3) is 0.467. The monoisotopic (exact) mass is 1080 g/mol. The van der Waals surface area contributed by atoms with E-state index in [1.807, 2.05) is 25.1 Å².